The van der Waals surface area contributed by atoms with Crippen LogP contribution in [0.2, 0.25) is 0 Å². The Labute approximate surface area is 136 Å². The number of para-hydroxylation sites is 1. The van der Waals surface area contributed by atoms with E-state index in [0.29, 0.717) is 42.6 Å². The molecule has 0 saturated carbocycles. The summed E-state index contributed by atoms with van der Waals surface area (Å²) in [7, 11) is 1.62. The zero-order chi connectivity index (χ0) is 16.5. The van der Waals surface area contributed by atoms with Gasteiger partial charge in [0.1, 0.15) is 18.1 Å². The second-order valence-corrected chi connectivity index (χ2v) is 4.75. The van der Waals surface area contributed by atoms with Crippen LogP contribution < -0.4 is 14.8 Å². The average molecular weight is 315 g/mol. The van der Waals surface area contributed by atoms with Crippen LogP contribution in [0.3, 0.4) is 0 Å². The first-order valence-corrected chi connectivity index (χ1v) is 7.49. The fourth-order valence-electron chi connectivity index (χ4n) is 2.04. The Morgan fingerprint density at radius 2 is 1.87 bits per heavy atom. The van der Waals surface area contributed by atoms with Gasteiger partial charge in [-0.15, -0.1) is 0 Å². The van der Waals surface area contributed by atoms with E-state index in [-0.39, 0.29) is 5.91 Å². The lowest BCUT2D eigenvalue weighted by molar-refractivity contribution is 0.102. The molecule has 0 aliphatic rings. The quantitative estimate of drug-likeness (QED) is 0.759. The maximum Gasteiger partial charge on any atom is 0.259 e. The van der Waals surface area contributed by atoms with Gasteiger partial charge in [-0.3, -0.25) is 4.79 Å². The van der Waals surface area contributed by atoms with E-state index in [1.54, 1.807) is 25.3 Å². The van der Waals surface area contributed by atoms with Crippen molar-refractivity contribution in [2.24, 2.45) is 0 Å². The van der Waals surface area contributed by atoms with Crippen LogP contribution in [0.5, 0.6) is 11.5 Å². The fraction of sp³-hybridized carbons (Fsp3) is 0.278. The van der Waals surface area contributed by atoms with Gasteiger partial charge in [0.25, 0.3) is 5.91 Å². The van der Waals surface area contributed by atoms with E-state index in [2.05, 4.69) is 5.32 Å². The molecule has 0 saturated heterocycles. The molecule has 0 radical (unpaired) electrons. The Morgan fingerprint density at radius 3 is 2.65 bits per heavy atom. The van der Waals surface area contributed by atoms with Crippen LogP contribution in [0.25, 0.3) is 0 Å². The van der Waals surface area contributed by atoms with Gasteiger partial charge in [0, 0.05) is 18.9 Å². The molecule has 2 rings (SSSR count). The molecule has 0 atom stereocenters. The predicted octanol–water partition coefficient (Wildman–Crippen LogP) is 3.36. The van der Waals surface area contributed by atoms with Gasteiger partial charge in [0.2, 0.25) is 0 Å². The maximum atomic E-state index is 12.4. The number of benzene rings is 2. The molecule has 122 valence electrons. The van der Waals surface area contributed by atoms with Gasteiger partial charge < -0.3 is 19.5 Å². The number of hydrogen-bond acceptors (Lipinski definition) is 4. The van der Waals surface area contributed by atoms with E-state index in [4.69, 9.17) is 14.2 Å². The highest BCUT2D eigenvalue weighted by atomic mass is 16.5. The van der Waals surface area contributed by atoms with E-state index >= 15 is 0 Å². The minimum absolute atomic E-state index is 0.219. The van der Waals surface area contributed by atoms with Crippen LogP contribution in [-0.4, -0.2) is 32.8 Å². The summed E-state index contributed by atoms with van der Waals surface area (Å²) in [6, 6.07) is 14.4. The van der Waals surface area contributed by atoms with Gasteiger partial charge in [-0.2, -0.15) is 0 Å². The van der Waals surface area contributed by atoms with Gasteiger partial charge in [-0.05, 0) is 31.2 Å². The fourth-order valence-corrected chi connectivity index (χ4v) is 2.04. The first-order valence-electron chi connectivity index (χ1n) is 7.49. The van der Waals surface area contributed by atoms with Crippen LogP contribution in [0, 0.1) is 0 Å². The first kappa shape index (κ1) is 16.8. The number of nitrogens with one attached hydrogen (secondary N) is 1. The Kier molecular flexibility index (Phi) is 6.44. The number of amides is 1. The Bertz CT molecular complexity index is 642. The minimum Gasteiger partial charge on any atom is -0.493 e. The smallest absolute Gasteiger partial charge is 0.259 e. The molecule has 0 bridgehead atoms. The zero-order valence-electron chi connectivity index (χ0n) is 13.4. The van der Waals surface area contributed by atoms with Gasteiger partial charge in [0.05, 0.1) is 18.8 Å². The van der Waals surface area contributed by atoms with E-state index in [0.717, 1.165) is 0 Å². The minimum atomic E-state index is -0.219. The zero-order valence-corrected chi connectivity index (χ0v) is 13.4. The Morgan fingerprint density at radius 1 is 1.04 bits per heavy atom. The summed E-state index contributed by atoms with van der Waals surface area (Å²) in [5.74, 6) is 1.03. The van der Waals surface area contributed by atoms with Crippen LogP contribution in [0.4, 0.5) is 5.69 Å². The molecule has 0 aliphatic carbocycles. The summed E-state index contributed by atoms with van der Waals surface area (Å²) in [6.45, 7) is 3.36. The predicted molar refractivity (Wildman–Crippen MR) is 89.4 cm³/mol. The van der Waals surface area contributed by atoms with Crippen molar-refractivity contribution < 1.29 is 19.0 Å². The molecule has 0 fully saturated rings. The molecular formula is C18H21NO4. The molecule has 0 aromatic heterocycles. The molecule has 0 heterocycles. The van der Waals surface area contributed by atoms with Crippen molar-refractivity contribution in [1.82, 2.24) is 0 Å². The summed E-state index contributed by atoms with van der Waals surface area (Å²) in [4.78, 5) is 12.4. The van der Waals surface area contributed by atoms with E-state index in [9.17, 15) is 4.79 Å². The second-order valence-electron chi connectivity index (χ2n) is 4.75. The highest BCUT2D eigenvalue weighted by Gasteiger charge is 2.12. The van der Waals surface area contributed by atoms with Crippen molar-refractivity contribution in [1.29, 1.82) is 0 Å². The number of hydrogen-bond donors (Lipinski definition) is 1. The van der Waals surface area contributed by atoms with Gasteiger partial charge in [-0.1, -0.05) is 18.2 Å². The summed E-state index contributed by atoms with van der Waals surface area (Å²) >= 11 is 0. The third kappa shape index (κ3) is 5.00. The first-order chi connectivity index (χ1) is 11.2. The van der Waals surface area contributed by atoms with Crippen LogP contribution in [-0.2, 0) is 4.74 Å². The number of methoxy groups -OCH3 is 1. The summed E-state index contributed by atoms with van der Waals surface area (Å²) in [5, 5.41) is 2.86. The number of ether oxygens (including phenoxy) is 3. The van der Waals surface area contributed by atoms with Crippen LogP contribution in [0.1, 0.15) is 17.3 Å². The summed E-state index contributed by atoms with van der Waals surface area (Å²) < 4.78 is 16.0. The molecule has 0 aliphatic heterocycles. The Balaban J connectivity index is 2.07. The lowest BCUT2D eigenvalue weighted by atomic mass is 10.2. The topological polar surface area (TPSA) is 56.8 Å². The van der Waals surface area contributed by atoms with Crippen LogP contribution >= 0.6 is 0 Å². The lowest BCUT2D eigenvalue weighted by Crippen LogP contribution is -2.13. The van der Waals surface area contributed by atoms with Gasteiger partial charge >= 0.3 is 0 Å². The number of anilines is 1. The van der Waals surface area contributed by atoms with E-state index in [1.807, 2.05) is 37.3 Å². The molecule has 0 spiro atoms. The molecule has 5 heteroatoms. The summed E-state index contributed by atoms with van der Waals surface area (Å²) in [6.07, 6.45) is 0. The molecule has 0 unspecified atom stereocenters. The third-order valence-corrected chi connectivity index (χ3v) is 3.08. The highest BCUT2D eigenvalue weighted by Crippen LogP contribution is 2.22. The van der Waals surface area contributed by atoms with E-state index in [1.165, 1.54) is 0 Å². The number of carbonyl (C=O) groups is 1. The van der Waals surface area contributed by atoms with Gasteiger partial charge in [0.15, 0.2) is 0 Å². The second kappa shape index (κ2) is 8.80. The normalized spacial score (nSPS) is 10.2. The molecule has 1 amide bonds. The standard InChI is InChI=1S/C18H21NO4/c1-3-22-17-10-5-4-9-16(17)18(20)19-14-7-6-8-15(13-14)23-12-11-21-2/h4-10,13H,3,11-12H2,1-2H3,(H,19,20). The van der Waals surface area contributed by atoms with Crippen molar-refractivity contribution in [3.8, 4) is 11.5 Å². The highest BCUT2D eigenvalue weighted by molar-refractivity contribution is 6.06. The third-order valence-electron chi connectivity index (χ3n) is 3.08. The lowest BCUT2D eigenvalue weighted by Gasteiger charge is -2.11. The summed E-state index contributed by atoms with van der Waals surface area (Å²) in [5.41, 5.74) is 1.16. The molecule has 23 heavy (non-hydrogen) atoms. The van der Waals surface area contributed by atoms with Gasteiger partial charge in [-0.25, -0.2) is 0 Å². The molecule has 1 N–H and O–H groups in total. The molecular weight excluding hydrogens is 294 g/mol. The Hall–Kier alpha value is -2.53. The maximum absolute atomic E-state index is 12.4. The van der Waals surface area contributed by atoms with Crippen molar-refractivity contribution in [3.63, 3.8) is 0 Å². The largest absolute Gasteiger partial charge is 0.493 e. The molecule has 2 aromatic rings. The SMILES string of the molecule is CCOc1ccccc1C(=O)Nc1cccc(OCCOC)c1. The van der Waals surface area contributed by atoms with Crippen molar-refractivity contribution in [2.75, 3.05) is 32.2 Å². The van der Waals surface area contributed by atoms with Crippen molar-refractivity contribution in [3.05, 3.63) is 54.1 Å². The molecule has 2 aromatic carbocycles. The van der Waals surface area contributed by atoms with Crippen LogP contribution in [0.15, 0.2) is 48.5 Å². The van der Waals surface area contributed by atoms with Crippen molar-refractivity contribution in [2.45, 2.75) is 6.92 Å². The monoisotopic (exact) mass is 315 g/mol. The number of carbonyl (C=O) groups excluding carboxylic acids is 1. The average Bonchev–Trinajstić information content (AvgIpc) is 2.56. The number of rotatable bonds is 8. The van der Waals surface area contributed by atoms with Crippen molar-refractivity contribution >= 4 is 11.6 Å². The van der Waals surface area contributed by atoms with E-state index < -0.39 is 0 Å². The molecule has 5 nitrogen and oxygen atoms in total.